The third-order valence-electron chi connectivity index (χ3n) is 4.29. The molecule has 0 aromatic heterocycles. The SMILES string of the molecule is CC1CCCC(CN)(N(C)C2CC2)C1. The van der Waals surface area contributed by atoms with Crippen molar-refractivity contribution in [2.24, 2.45) is 11.7 Å². The first kappa shape index (κ1) is 10.4. The third-order valence-corrected chi connectivity index (χ3v) is 4.29. The minimum absolute atomic E-state index is 0.346. The monoisotopic (exact) mass is 196 g/mol. The predicted octanol–water partition coefficient (Wildman–Crippen LogP) is 1.99. The highest BCUT2D eigenvalue weighted by atomic mass is 15.2. The normalized spacial score (nSPS) is 39.0. The van der Waals surface area contributed by atoms with Crippen molar-refractivity contribution in [3.63, 3.8) is 0 Å². The maximum Gasteiger partial charge on any atom is 0.0334 e. The molecule has 0 aromatic rings. The average Bonchev–Trinajstić information content (AvgIpc) is 3.00. The lowest BCUT2D eigenvalue weighted by Crippen LogP contribution is -2.55. The van der Waals surface area contributed by atoms with E-state index in [9.17, 15) is 0 Å². The van der Waals surface area contributed by atoms with E-state index in [0.29, 0.717) is 5.54 Å². The topological polar surface area (TPSA) is 29.3 Å². The van der Waals surface area contributed by atoms with Crippen LogP contribution in [-0.2, 0) is 0 Å². The Bertz CT molecular complexity index is 200. The summed E-state index contributed by atoms with van der Waals surface area (Å²) in [6.45, 7) is 3.23. The van der Waals surface area contributed by atoms with E-state index in [1.165, 1.54) is 38.5 Å². The van der Waals surface area contributed by atoms with Crippen LogP contribution in [0, 0.1) is 5.92 Å². The number of nitrogens with two attached hydrogens (primary N) is 1. The minimum Gasteiger partial charge on any atom is -0.329 e. The van der Waals surface area contributed by atoms with Gasteiger partial charge in [-0.2, -0.15) is 0 Å². The van der Waals surface area contributed by atoms with E-state index >= 15 is 0 Å². The smallest absolute Gasteiger partial charge is 0.0334 e. The molecule has 0 saturated heterocycles. The van der Waals surface area contributed by atoms with Gasteiger partial charge in [0, 0.05) is 18.1 Å². The lowest BCUT2D eigenvalue weighted by Gasteiger charge is -2.46. The summed E-state index contributed by atoms with van der Waals surface area (Å²) in [6, 6.07) is 0.851. The van der Waals surface area contributed by atoms with E-state index in [1.807, 2.05) is 0 Å². The maximum atomic E-state index is 6.03. The van der Waals surface area contributed by atoms with Crippen LogP contribution in [0.2, 0.25) is 0 Å². The molecule has 0 aromatic carbocycles. The first-order chi connectivity index (χ1) is 6.68. The van der Waals surface area contributed by atoms with E-state index in [-0.39, 0.29) is 0 Å². The van der Waals surface area contributed by atoms with Crippen LogP contribution in [0.3, 0.4) is 0 Å². The summed E-state index contributed by atoms with van der Waals surface area (Å²) in [6.07, 6.45) is 8.20. The van der Waals surface area contributed by atoms with Crippen molar-refractivity contribution in [2.45, 2.75) is 57.0 Å². The van der Waals surface area contributed by atoms with Crippen LogP contribution in [0.5, 0.6) is 0 Å². The number of hydrogen-bond donors (Lipinski definition) is 1. The maximum absolute atomic E-state index is 6.03. The van der Waals surface area contributed by atoms with E-state index in [0.717, 1.165) is 18.5 Å². The van der Waals surface area contributed by atoms with Gasteiger partial charge in [0.2, 0.25) is 0 Å². The number of rotatable bonds is 3. The summed E-state index contributed by atoms with van der Waals surface area (Å²) in [7, 11) is 2.29. The van der Waals surface area contributed by atoms with Crippen molar-refractivity contribution in [3.8, 4) is 0 Å². The Morgan fingerprint density at radius 3 is 2.57 bits per heavy atom. The molecular weight excluding hydrogens is 172 g/mol. The van der Waals surface area contributed by atoms with Gasteiger partial charge in [-0.1, -0.05) is 19.8 Å². The highest BCUT2D eigenvalue weighted by Gasteiger charge is 2.43. The Morgan fingerprint density at radius 1 is 1.36 bits per heavy atom. The van der Waals surface area contributed by atoms with Gasteiger partial charge in [-0.05, 0) is 38.6 Å². The molecule has 2 N–H and O–H groups in total. The van der Waals surface area contributed by atoms with Gasteiger partial charge in [0.15, 0.2) is 0 Å². The Kier molecular flexibility index (Phi) is 2.85. The van der Waals surface area contributed by atoms with Crippen LogP contribution in [0.25, 0.3) is 0 Å². The summed E-state index contributed by atoms with van der Waals surface area (Å²) in [4.78, 5) is 2.60. The highest BCUT2D eigenvalue weighted by Crippen LogP contribution is 2.40. The van der Waals surface area contributed by atoms with Gasteiger partial charge in [0.1, 0.15) is 0 Å². The Morgan fingerprint density at radius 2 is 2.07 bits per heavy atom. The summed E-state index contributed by atoms with van der Waals surface area (Å²) in [5, 5.41) is 0. The molecule has 0 bridgehead atoms. The summed E-state index contributed by atoms with van der Waals surface area (Å²) in [5.74, 6) is 0.869. The Hall–Kier alpha value is -0.0800. The largest absolute Gasteiger partial charge is 0.329 e. The van der Waals surface area contributed by atoms with E-state index in [4.69, 9.17) is 5.73 Å². The van der Waals surface area contributed by atoms with Crippen LogP contribution < -0.4 is 5.73 Å². The number of likely N-dealkylation sites (N-methyl/N-ethyl adjacent to an activating group) is 1. The second-order valence-corrected chi connectivity index (χ2v) is 5.47. The quantitative estimate of drug-likeness (QED) is 0.748. The zero-order valence-electron chi connectivity index (χ0n) is 9.63. The molecule has 2 heteroatoms. The van der Waals surface area contributed by atoms with Crippen molar-refractivity contribution < 1.29 is 0 Å². The van der Waals surface area contributed by atoms with Gasteiger partial charge in [-0.25, -0.2) is 0 Å². The molecule has 82 valence electrons. The van der Waals surface area contributed by atoms with E-state index in [2.05, 4.69) is 18.9 Å². The minimum atomic E-state index is 0.346. The molecule has 2 fully saturated rings. The lowest BCUT2D eigenvalue weighted by atomic mass is 9.75. The zero-order valence-corrected chi connectivity index (χ0v) is 9.63. The van der Waals surface area contributed by atoms with Crippen LogP contribution in [-0.4, -0.2) is 30.1 Å². The fourth-order valence-corrected chi connectivity index (χ4v) is 3.13. The standard InChI is InChI=1S/C12H24N2/c1-10-4-3-7-12(8-10,9-13)14(2)11-5-6-11/h10-11H,3-9,13H2,1-2H3. The summed E-state index contributed by atoms with van der Waals surface area (Å²) in [5.41, 5.74) is 6.37. The molecule has 0 amide bonds. The zero-order chi connectivity index (χ0) is 10.2. The van der Waals surface area contributed by atoms with E-state index in [1.54, 1.807) is 0 Å². The molecule has 14 heavy (non-hydrogen) atoms. The number of hydrogen-bond acceptors (Lipinski definition) is 2. The second kappa shape index (κ2) is 3.82. The van der Waals surface area contributed by atoms with Crippen LogP contribution in [0.4, 0.5) is 0 Å². The molecule has 0 heterocycles. The van der Waals surface area contributed by atoms with Crippen molar-refractivity contribution >= 4 is 0 Å². The van der Waals surface area contributed by atoms with Gasteiger partial charge in [-0.3, -0.25) is 4.90 Å². The fraction of sp³-hybridized carbons (Fsp3) is 1.00. The molecular formula is C12H24N2. The molecule has 2 aliphatic rings. The van der Waals surface area contributed by atoms with Crippen LogP contribution in [0.15, 0.2) is 0 Å². The van der Waals surface area contributed by atoms with Crippen LogP contribution in [0.1, 0.15) is 45.4 Å². The van der Waals surface area contributed by atoms with Gasteiger partial charge in [0.25, 0.3) is 0 Å². The molecule has 2 unspecified atom stereocenters. The van der Waals surface area contributed by atoms with Gasteiger partial charge < -0.3 is 5.73 Å². The van der Waals surface area contributed by atoms with Crippen LogP contribution >= 0.6 is 0 Å². The van der Waals surface area contributed by atoms with Crippen molar-refractivity contribution in [3.05, 3.63) is 0 Å². The van der Waals surface area contributed by atoms with E-state index < -0.39 is 0 Å². The third kappa shape index (κ3) is 1.82. The number of nitrogens with zero attached hydrogens (tertiary/aromatic N) is 1. The van der Waals surface area contributed by atoms with Crippen molar-refractivity contribution in [2.75, 3.05) is 13.6 Å². The Labute approximate surface area is 87.8 Å². The predicted molar refractivity (Wildman–Crippen MR) is 60.2 cm³/mol. The van der Waals surface area contributed by atoms with Gasteiger partial charge in [0.05, 0.1) is 0 Å². The molecule has 2 rings (SSSR count). The van der Waals surface area contributed by atoms with Crippen molar-refractivity contribution in [1.29, 1.82) is 0 Å². The summed E-state index contributed by atoms with van der Waals surface area (Å²) < 4.78 is 0. The van der Waals surface area contributed by atoms with Crippen molar-refractivity contribution in [1.82, 2.24) is 4.90 Å². The average molecular weight is 196 g/mol. The molecule has 0 aliphatic heterocycles. The van der Waals surface area contributed by atoms with Gasteiger partial charge >= 0.3 is 0 Å². The first-order valence-electron chi connectivity index (χ1n) is 6.11. The van der Waals surface area contributed by atoms with Gasteiger partial charge in [-0.15, -0.1) is 0 Å². The summed E-state index contributed by atoms with van der Waals surface area (Å²) >= 11 is 0. The molecule has 2 aliphatic carbocycles. The lowest BCUT2D eigenvalue weighted by molar-refractivity contribution is 0.0551. The molecule has 2 saturated carbocycles. The Balaban J connectivity index is 2.06. The molecule has 2 nitrogen and oxygen atoms in total. The molecule has 0 radical (unpaired) electrons. The molecule has 0 spiro atoms. The first-order valence-corrected chi connectivity index (χ1v) is 6.11. The highest BCUT2D eigenvalue weighted by molar-refractivity contribution is 5.00. The fourth-order valence-electron chi connectivity index (χ4n) is 3.13. The molecule has 2 atom stereocenters. The second-order valence-electron chi connectivity index (χ2n) is 5.47.